The summed E-state index contributed by atoms with van der Waals surface area (Å²) in [5, 5.41) is 19.4. The Hall–Kier alpha value is -2.20. The van der Waals surface area contributed by atoms with Gasteiger partial charge in [0.2, 0.25) is 0 Å². The molecule has 1 atom stereocenters. The molecular weight excluding hydrogens is 246 g/mol. The number of hydrogen-bond donors (Lipinski definition) is 0. The second kappa shape index (κ2) is 5.63. The van der Waals surface area contributed by atoms with Crippen LogP contribution in [0.4, 0.5) is 11.5 Å². The molecule has 1 unspecified atom stereocenters. The van der Waals surface area contributed by atoms with Crippen LogP contribution in [0, 0.1) is 21.4 Å². The number of nitrogens with zero attached hydrogens (tertiary/aromatic N) is 5. The molecule has 0 saturated carbocycles. The molecule has 2 heterocycles. The summed E-state index contributed by atoms with van der Waals surface area (Å²) in [4.78, 5) is 18.4. The van der Waals surface area contributed by atoms with Crippen LogP contribution in [0.5, 0.6) is 0 Å². The average molecular weight is 261 g/mol. The van der Waals surface area contributed by atoms with Crippen LogP contribution in [-0.2, 0) is 0 Å². The minimum Gasteiger partial charge on any atom is -0.354 e. The lowest BCUT2D eigenvalue weighted by Crippen LogP contribution is -2.49. The summed E-state index contributed by atoms with van der Waals surface area (Å²) in [5.74, 6) is 0.745. The van der Waals surface area contributed by atoms with Gasteiger partial charge >= 0.3 is 0 Å². The highest BCUT2D eigenvalue weighted by Gasteiger charge is 2.21. The van der Waals surface area contributed by atoms with Crippen molar-refractivity contribution in [2.75, 3.05) is 31.1 Å². The van der Waals surface area contributed by atoms with Crippen LogP contribution >= 0.6 is 0 Å². The molecule has 7 nitrogen and oxygen atoms in total. The van der Waals surface area contributed by atoms with Gasteiger partial charge in [0.05, 0.1) is 17.0 Å². The van der Waals surface area contributed by atoms with Crippen LogP contribution in [-0.4, -0.2) is 47.0 Å². The van der Waals surface area contributed by atoms with Gasteiger partial charge in [-0.1, -0.05) is 0 Å². The van der Waals surface area contributed by atoms with Gasteiger partial charge in [0.15, 0.2) is 0 Å². The second-order valence-corrected chi connectivity index (χ2v) is 4.46. The molecule has 0 aromatic carbocycles. The number of pyridine rings is 1. The smallest absolute Gasteiger partial charge is 0.287 e. The van der Waals surface area contributed by atoms with Gasteiger partial charge in [-0.2, -0.15) is 5.26 Å². The maximum absolute atomic E-state index is 10.6. The van der Waals surface area contributed by atoms with E-state index in [9.17, 15) is 10.1 Å². The number of rotatable bonds is 3. The number of piperazine rings is 1. The predicted molar refractivity (Wildman–Crippen MR) is 69.8 cm³/mol. The molecule has 100 valence electrons. The fourth-order valence-corrected chi connectivity index (χ4v) is 2.09. The first-order valence-electron chi connectivity index (χ1n) is 6.11. The quantitative estimate of drug-likeness (QED) is 0.596. The van der Waals surface area contributed by atoms with E-state index in [1.807, 2.05) is 6.92 Å². The summed E-state index contributed by atoms with van der Waals surface area (Å²) in [5.41, 5.74) is 0.000452. The van der Waals surface area contributed by atoms with Crippen molar-refractivity contribution in [2.24, 2.45) is 0 Å². The molecule has 1 aromatic rings. The number of nitriles is 1. The minimum absolute atomic E-state index is 0.000452. The van der Waals surface area contributed by atoms with Gasteiger partial charge in [-0.15, -0.1) is 0 Å². The fourth-order valence-electron chi connectivity index (χ4n) is 2.09. The summed E-state index contributed by atoms with van der Waals surface area (Å²) in [6.07, 6.45) is 1.28. The Balaban J connectivity index is 1.98. The third-order valence-electron chi connectivity index (χ3n) is 3.32. The van der Waals surface area contributed by atoms with Crippen molar-refractivity contribution < 1.29 is 4.92 Å². The van der Waals surface area contributed by atoms with Crippen LogP contribution in [0.2, 0.25) is 0 Å². The van der Waals surface area contributed by atoms with Crippen molar-refractivity contribution in [3.63, 3.8) is 0 Å². The highest BCUT2D eigenvalue weighted by atomic mass is 16.6. The van der Waals surface area contributed by atoms with Gasteiger partial charge in [0, 0.05) is 32.2 Å². The first-order chi connectivity index (χ1) is 9.11. The van der Waals surface area contributed by atoms with Gasteiger partial charge in [-0.25, -0.2) is 4.98 Å². The standard InChI is InChI=1S/C12H15N5O2/c1-10(8-13)15-4-6-16(7-5-15)12-3-2-11(9-14-12)17(18)19/h2-3,9-10H,4-7H2,1H3. The van der Waals surface area contributed by atoms with Crippen LogP contribution in [0.3, 0.4) is 0 Å². The number of hydrogen-bond acceptors (Lipinski definition) is 6. The molecule has 0 bridgehead atoms. The van der Waals surface area contributed by atoms with Gasteiger partial charge in [-0.3, -0.25) is 15.0 Å². The molecular formula is C12H15N5O2. The van der Waals surface area contributed by atoms with E-state index in [1.165, 1.54) is 12.3 Å². The molecule has 2 rings (SSSR count). The molecule has 7 heteroatoms. The molecule has 0 aliphatic carbocycles. The molecule has 1 saturated heterocycles. The summed E-state index contributed by atoms with van der Waals surface area (Å²) >= 11 is 0. The van der Waals surface area contributed by atoms with Crippen LogP contribution in [0.25, 0.3) is 0 Å². The predicted octanol–water partition coefficient (Wildman–Crippen LogP) is 1.02. The Morgan fingerprint density at radius 2 is 2.11 bits per heavy atom. The Bertz CT molecular complexity index is 488. The summed E-state index contributed by atoms with van der Waals surface area (Å²) in [7, 11) is 0. The Labute approximate surface area is 111 Å². The molecule has 1 fully saturated rings. The lowest BCUT2D eigenvalue weighted by molar-refractivity contribution is -0.385. The lowest BCUT2D eigenvalue weighted by atomic mass is 10.2. The third-order valence-corrected chi connectivity index (χ3v) is 3.32. The van der Waals surface area contributed by atoms with Crippen LogP contribution < -0.4 is 4.90 Å². The van der Waals surface area contributed by atoms with E-state index in [0.29, 0.717) is 0 Å². The van der Waals surface area contributed by atoms with Crippen molar-refractivity contribution >= 4 is 11.5 Å². The minimum atomic E-state index is -0.455. The Kier molecular flexibility index (Phi) is 3.92. The molecule has 0 N–H and O–H groups in total. The van der Waals surface area contributed by atoms with Crippen molar-refractivity contribution in [1.82, 2.24) is 9.88 Å². The molecule has 19 heavy (non-hydrogen) atoms. The average Bonchev–Trinajstić information content (AvgIpc) is 2.46. The SMILES string of the molecule is CC(C#N)N1CCN(c2ccc([N+](=O)[O-])cn2)CC1. The van der Waals surface area contributed by atoms with Crippen molar-refractivity contribution in [3.05, 3.63) is 28.4 Å². The number of nitro groups is 1. The van der Waals surface area contributed by atoms with E-state index in [2.05, 4.69) is 20.9 Å². The van der Waals surface area contributed by atoms with Gasteiger partial charge in [-0.05, 0) is 13.0 Å². The summed E-state index contributed by atoms with van der Waals surface area (Å²) in [6.45, 7) is 5.04. The van der Waals surface area contributed by atoms with E-state index < -0.39 is 4.92 Å². The highest BCUT2D eigenvalue weighted by molar-refractivity contribution is 5.43. The number of anilines is 1. The first-order valence-corrected chi connectivity index (χ1v) is 6.11. The maximum Gasteiger partial charge on any atom is 0.287 e. The normalized spacial score (nSPS) is 17.8. The molecule has 1 aliphatic heterocycles. The summed E-state index contributed by atoms with van der Waals surface area (Å²) < 4.78 is 0. The lowest BCUT2D eigenvalue weighted by Gasteiger charge is -2.36. The molecule has 0 spiro atoms. The van der Waals surface area contributed by atoms with E-state index >= 15 is 0 Å². The maximum atomic E-state index is 10.6. The molecule has 0 radical (unpaired) electrons. The van der Waals surface area contributed by atoms with Gasteiger partial charge in [0.1, 0.15) is 12.0 Å². The van der Waals surface area contributed by atoms with E-state index in [0.717, 1.165) is 32.0 Å². The Morgan fingerprint density at radius 1 is 1.42 bits per heavy atom. The summed E-state index contributed by atoms with van der Waals surface area (Å²) in [6, 6.07) is 5.28. The fraction of sp³-hybridized carbons (Fsp3) is 0.500. The monoisotopic (exact) mass is 261 g/mol. The van der Waals surface area contributed by atoms with Crippen LogP contribution in [0.1, 0.15) is 6.92 Å². The van der Waals surface area contributed by atoms with Crippen molar-refractivity contribution in [1.29, 1.82) is 5.26 Å². The highest BCUT2D eigenvalue weighted by Crippen LogP contribution is 2.17. The zero-order valence-corrected chi connectivity index (χ0v) is 10.7. The molecule has 0 amide bonds. The van der Waals surface area contributed by atoms with E-state index in [4.69, 9.17) is 5.26 Å². The van der Waals surface area contributed by atoms with E-state index in [-0.39, 0.29) is 11.7 Å². The largest absolute Gasteiger partial charge is 0.354 e. The first kappa shape index (κ1) is 13.2. The topological polar surface area (TPSA) is 86.3 Å². The Morgan fingerprint density at radius 3 is 2.58 bits per heavy atom. The van der Waals surface area contributed by atoms with E-state index in [1.54, 1.807) is 6.07 Å². The molecule has 1 aromatic heterocycles. The van der Waals surface area contributed by atoms with Gasteiger partial charge < -0.3 is 4.90 Å². The number of aromatic nitrogens is 1. The van der Waals surface area contributed by atoms with Crippen molar-refractivity contribution in [2.45, 2.75) is 13.0 Å². The van der Waals surface area contributed by atoms with Crippen LogP contribution in [0.15, 0.2) is 18.3 Å². The van der Waals surface area contributed by atoms with Crippen molar-refractivity contribution in [3.8, 4) is 6.07 Å². The molecule has 1 aliphatic rings. The zero-order chi connectivity index (χ0) is 13.8. The third kappa shape index (κ3) is 2.98. The second-order valence-electron chi connectivity index (χ2n) is 4.46. The van der Waals surface area contributed by atoms with Gasteiger partial charge in [0.25, 0.3) is 5.69 Å². The zero-order valence-electron chi connectivity index (χ0n) is 10.7.